The van der Waals surface area contributed by atoms with Gasteiger partial charge in [0.25, 0.3) is 0 Å². The predicted molar refractivity (Wildman–Crippen MR) is 175 cm³/mol. The van der Waals surface area contributed by atoms with E-state index < -0.39 is 12.3 Å². The topological polar surface area (TPSA) is 60.5 Å². The standard InChI is InChI=1S/C36H57N3O2/c1-3-4-5-6-7-8-9-10-11-12-13-14-17-25-39-26-23-30(24-27-39)28-37-36(29(2)40)41-34-22-18-21-33-35(34)31-19-15-16-20-32(31)38-33/h15-16,18-22,29-30,36-38,40H,3-14,17,23-28H2,1-2H3/t29-,36?/m0/s1. The van der Waals surface area contributed by atoms with Crippen LogP contribution in [0.1, 0.15) is 110 Å². The lowest BCUT2D eigenvalue weighted by Gasteiger charge is -2.33. The Balaban J connectivity index is 1.08. The first kappa shape index (κ1) is 31.8. The number of aliphatic hydroxyl groups is 1. The van der Waals surface area contributed by atoms with E-state index in [-0.39, 0.29) is 0 Å². The highest BCUT2D eigenvalue weighted by atomic mass is 16.5. The smallest absolute Gasteiger partial charge is 0.176 e. The maximum atomic E-state index is 10.5. The maximum Gasteiger partial charge on any atom is 0.176 e. The van der Waals surface area contributed by atoms with E-state index >= 15 is 0 Å². The Morgan fingerprint density at radius 3 is 2.10 bits per heavy atom. The van der Waals surface area contributed by atoms with Gasteiger partial charge >= 0.3 is 0 Å². The molecule has 1 saturated heterocycles. The van der Waals surface area contributed by atoms with Gasteiger partial charge in [0.15, 0.2) is 6.23 Å². The third-order valence-electron chi connectivity index (χ3n) is 9.08. The molecule has 0 radical (unpaired) electrons. The number of fused-ring (bicyclic) bond motifs is 3. The molecule has 4 rings (SSSR count). The number of benzene rings is 2. The highest BCUT2D eigenvalue weighted by Crippen LogP contribution is 2.33. The molecule has 0 amide bonds. The molecule has 5 heteroatoms. The van der Waals surface area contributed by atoms with Crippen molar-refractivity contribution in [3.05, 3.63) is 42.5 Å². The van der Waals surface area contributed by atoms with E-state index in [1.54, 1.807) is 0 Å². The normalized spacial score (nSPS) is 16.5. The summed E-state index contributed by atoms with van der Waals surface area (Å²) in [6.07, 6.45) is 19.8. The first-order chi connectivity index (χ1) is 20.2. The molecule has 1 aliphatic heterocycles. The van der Waals surface area contributed by atoms with Crippen molar-refractivity contribution in [1.29, 1.82) is 0 Å². The minimum atomic E-state index is -0.605. The zero-order valence-electron chi connectivity index (χ0n) is 26.0. The van der Waals surface area contributed by atoms with Crippen LogP contribution in [0.3, 0.4) is 0 Å². The number of piperidine rings is 1. The van der Waals surface area contributed by atoms with Crippen molar-refractivity contribution in [3.8, 4) is 5.75 Å². The summed E-state index contributed by atoms with van der Waals surface area (Å²) in [6.45, 7) is 8.63. The molecule has 0 aliphatic carbocycles. The first-order valence-electron chi connectivity index (χ1n) is 17.0. The van der Waals surface area contributed by atoms with E-state index in [2.05, 4.69) is 46.4 Å². The number of hydrogen-bond acceptors (Lipinski definition) is 4. The molecule has 1 unspecified atom stereocenters. The number of likely N-dealkylation sites (tertiary alicyclic amines) is 1. The number of ether oxygens (including phenoxy) is 1. The van der Waals surface area contributed by atoms with Crippen molar-refractivity contribution in [2.75, 3.05) is 26.2 Å². The summed E-state index contributed by atoms with van der Waals surface area (Å²) < 4.78 is 6.41. The molecule has 228 valence electrons. The van der Waals surface area contributed by atoms with Crippen LogP contribution in [0.5, 0.6) is 5.75 Å². The predicted octanol–water partition coefficient (Wildman–Crippen LogP) is 8.80. The van der Waals surface area contributed by atoms with Gasteiger partial charge in [-0.25, -0.2) is 0 Å². The van der Waals surface area contributed by atoms with Crippen LogP contribution < -0.4 is 10.1 Å². The third-order valence-corrected chi connectivity index (χ3v) is 9.08. The lowest BCUT2D eigenvalue weighted by molar-refractivity contribution is 0.0231. The molecule has 3 N–H and O–H groups in total. The summed E-state index contributed by atoms with van der Waals surface area (Å²) in [5, 5.41) is 16.3. The summed E-state index contributed by atoms with van der Waals surface area (Å²) >= 11 is 0. The molecule has 0 bridgehead atoms. The number of para-hydroxylation sites is 1. The Kier molecular flexibility index (Phi) is 13.8. The number of H-pyrrole nitrogens is 1. The molecule has 0 spiro atoms. The van der Waals surface area contributed by atoms with Gasteiger partial charge in [-0.2, -0.15) is 0 Å². The van der Waals surface area contributed by atoms with Crippen LogP contribution in [0.4, 0.5) is 0 Å². The molecule has 2 atom stereocenters. The van der Waals surface area contributed by atoms with Gasteiger partial charge in [0.05, 0.1) is 5.52 Å². The van der Waals surface area contributed by atoms with Gasteiger partial charge in [-0.05, 0) is 69.9 Å². The molecule has 2 heterocycles. The van der Waals surface area contributed by atoms with E-state index in [4.69, 9.17) is 4.74 Å². The fourth-order valence-corrected chi connectivity index (χ4v) is 6.46. The van der Waals surface area contributed by atoms with E-state index in [0.717, 1.165) is 34.1 Å². The van der Waals surface area contributed by atoms with Gasteiger partial charge in [-0.1, -0.05) is 108 Å². The minimum absolute atomic E-state index is 0.432. The quantitative estimate of drug-likeness (QED) is 0.0949. The summed E-state index contributed by atoms with van der Waals surface area (Å²) in [6, 6.07) is 14.4. The molecule has 41 heavy (non-hydrogen) atoms. The molecule has 1 aromatic heterocycles. The second-order valence-corrected chi connectivity index (χ2v) is 12.6. The molecule has 1 fully saturated rings. The number of nitrogens with one attached hydrogen (secondary N) is 2. The first-order valence-corrected chi connectivity index (χ1v) is 17.0. The molecule has 1 aliphatic rings. The Hall–Kier alpha value is -2.08. The van der Waals surface area contributed by atoms with E-state index in [1.807, 2.05) is 25.1 Å². The van der Waals surface area contributed by atoms with Gasteiger partial charge < -0.3 is 19.7 Å². The summed E-state index contributed by atoms with van der Waals surface area (Å²) in [4.78, 5) is 6.14. The monoisotopic (exact) mass is 563 g/mol. The summed E-state index contributed by atoms with van der Waals surface area (Å²) in [5.74, 6) is 1.44. The van der Waals surface area contributed by atoms with Gasteiger partial charge in [-0.3, -0.25) is 5.32 Å². The van der Waals surface area contributed by atoms with Crippen molar-refractivity contribution in [1.82, 2.24) is 15.2 Å². The number of hydrogen-bond donors (Lipinski definition) is 3. The molecule has 5 nitrogen and oxygen atoms in total. The Morgan fingerprint density at radius 1 is 0.829 bits per heavy atom. The molecular formula is C36H57N3O2. The van der Waals surface area contributed by atoms with Gasteiger partial charge in [0.1, 0.15) is 11.9 Å². The summed E-state index contributed by atoms with van der Waals surface area (Å²) in [5.41, 5.74) is 2.16. The molecule has 3 aromatic rings. The Labute approximate surface area is 249 Å². The van der Waals surface area contributed by atoms with Crippen molar-refractivity contribution < 1.29 is 9.84 Å². The Bertz CT molecular complexity index is 1120. The van der Waals surface area contributed by atoms with Crippen molar-refractivity contribution in [2.45, 2.75) is 122 Å². The second-order valence-electron chi connectivity index (χ2n) is 12.6. The van der Waals surface area contributed by atoms with Crippen LogP contribution in [0.2, 0.25) is 0 Å². The SMILES string of the molecule is CCCCCCCCCCCCCCCN1CCC(CNC(Oc2cccc3[nH]c4ccccc4c23)[C@H](C)O)CC1. The number of rotatable bonds is 20. The highest BCUT2D eigenvalue weighted by molar-refractivity contribution is 6.10. The molecular weight excluding hydrogens is 506 g/mol. The zero-order chi connectivity index (χ0) is 28.7. The van der Waals surface area contributed by atoms with Gasteiger partial charge in [0, 0.05) is 22.8 Å². The third kappa shape index (κ3) is 10.3. The molecule has 2 aromatic carbocycles. The largest absolute Gasteiger partial charge is 0.472 e. The van der Waals surface area contributed by atoms with Crippen LogP contribution in [0.15, 0.2) is 42.5 Å². The van der Waals surface area contributed by atoms with Crippen LogP contribution in [0, 0.1) is 5.92 Å². The lowest BCUT2D eigenvalue weighted by atomic mass is 9.96. The van der Waals surface area contributed by atoms with Crippen molar-refractivity contribution >= 4 is 21.8 Å². The van der Waals surface area contributed by atoms with Crippen LogP contribution in [-0.2, 0) is 0 Å². The van der Waals surface area contributed by atoms with Gasteiger partial charge in [-0.15, -0.1) is 0 Å². The van der Waals surface area contributed by atoms with Crippen LogP contribution in [-0.4, -0.2) is 53.5 Å². The second kappa shape index (κ2) is 17.8. The number of nitrogens with zero attached hydrogens (tertiary/aromatic N) is 1. The van der Waals surface area contributed by atoms with Crippen molar-refractivity contribution in [2.24, 2.45) is 5.92 Å². The average Bonchev–Trinajstić information content (AvgIpc) is 3.37. The summed E-state index contributed by atoms with van der Waals surface area (Å²) in [7, 11) is 0. The fourth-order valence-electron chi connectivity index (χ4n) is 6.46. The average molecular weight is 564 g/mol. The van der Waals surface area contributed by atoms with E-state index in [9.17, 15) is 5.11 Å². The van der Waals surface area contributed by atoms with Crippen LogP contribution >= 0.6 is 0 Å². The highest BCUT2D eigenvalue weighted by Gasteiger charge is 2.23. The Morgan fingerprint density at radius 2 is 1.44 bits per heavy atom. The number of unbranched alkanes of at least 4 members (excludes halogenated alkanes) is 12. The number of aliphatic hydroxyl groups excluding tert-OH is 1. The fraction of sp³-hybridized carbons (Fsp3) is 0.667. The lowest BCUT2D eigenvalue weighted by Crippen LogP contribution is -2.46. The van der Waals surface area contributed by atoms with Gasteiger partial charge in [0.2, 0.25) is 0 Å². The van der Waals surface area contributed by atoms with E-state index in [1.165, 1.54) is 116 Å². The minimum Gasteiger partial charge on any atom is -0.472 e. The molecule has 0 saturated carbocycles. The number of aromatic amines is 1. The number of aromatic nitrogens is 1. The van der Waals surface area contributed by atoms with E-state index in [0.29, 0.717) is 5.92 Å². The van der Waals surface area contributed by atoms with Crippen LogP contribution in [0.25, 0.3) is 21.8 Å². The zero-order valence-corrected chi connectivity index (χ0v) is 26.0. The van der Waals surface area contributed by atoms with Crippen molar-refractivity contribution in [3.63, 3.8) is 0 Å². The maximum absolute atomic E-state index is 10.5.